The van der Waals surface area contributed by atoms with Gasteiger partial charge in [0.1, 0.15) is 5.82 Å². The highest BCUT2D eigenvalue weighted by atomic mass is 16.1. The Morgan fingerprint density at radius 1 is 1.24 bits per heavy atom. The summed E-state index contributed by atoms with van der Waals surface area (Å²) >= 11 is 0. The summed E-state index contributed by atoms with van der Waals surface area (Å²) in [4.78, 5) is 20.4. The molecule has 0 unspecified atom stereocenters. The van der Waals surface area contributed by atoms with Gasteiger partial charge in [-0.3, -0.25) is 4.79 Å². The molecule has 132 valence electrons. The van der Waals surface area contributed by atoms with Gasteiger partial charge in [-0.15, -0.1) is 0 Å². The highest BCUT2D eigenvalue weighted by Gasteiger charge is 2.21. The van der Waals surface area contributed by atoms with Crippen LogP contribution in [-0.4, -0.2) is 28.0 Å². The van der Waals surface area contributed by atoms with Gasteiger partial charge in [0.25, 0.3) is 5.91 Å². The summed E-state index contributed by atoms with van der Waals surface area (Å²) in [5, 5.41) is 6.50. The van der Waals surface area contributed by atoms with Crippen molar-refractivity contribution in [2.24, 2.45) is 11.5 Å². The first-order valence-electron chi connectivity index (χ1n) is 8.54. The molecular weight excluding hydrogens is 316 g/mol. The second-order valence-corrected chi connectivity index (χ2v) is 6.57. The largest absolute Gasteiger partial charge is 0.367 e. The number of benzene rings is 1. The Bertz CT molecular complexity index is 755. The molecule has 6 N–H and O–H groups in total. The number of aromatic nitrogens is 2. The van der Waals surface area contributed by atoms with Gasteiger partial charge in [-0.25, -0.2) is 4.98 Å². The molecule has 7 nitrogen and oxygen atoms in total. The zero-order chi connectivity index (χ0) is 17.8. The van der Waals surface area contributed by atoms with E-state index in [2.05, 4.69) is 20.6 Å². The lowest BCUT2D eigenvalue weighted by atomic mass is 9.92. The molecule has 1 heterocycles. The number of hydrogen-bond donors (Lipinski definition) is 4. The molecule has 1 aliphatic rings. The van der Waals surface area contributed by atoms with Crippen molar-refractivity contribution in [3.63, 3.8) is 0 Å². The lowest BCUT2D eigenvalue weighted by molar-refractivity contribution is 0.100. The van der Waals surface area contributed by atoms with Crippen molar-refractivity contribution in [2.75, 3.05) is 10.6 Å². The number of carbonyl (C=O) groups is 1. The zero-order valence-corrected chi connectivity index (χ0v) is 14.3. The van der Waals surface area contributed by atoms with Gasteiger partial charge in [0, 0.05) is 24.0 Å². The first kappa shape index (κ1) is 17.2. The molecule has 0 bridgehead atoms. The average Bonchev–Trinajstić information content (AvgIpc) is 2.57. The van der Waals surface area contributed by atoms with E-state index < -0.39 is 5.91 Å². The quantitative estimate of drug-likeness (QED) is 0.663. The fraction of sp³-hybridized carbons (Fsp3) is 0.389. The van der Waals surface area contributed by atoms with Gasteiger partial charge in [0.2, 0.25) is 5.95 Å². The molecule has 0 spiro atoms. The summed E-state index contributed by atoms with van der Waals surface area (Å²) in [5.74, 6) is 0.348. The number of anilines is 3. The average molecular weight is 340 g/mol. The minimum Gasteiger partial charge on any atom is -0.367 e. The van der Waals surface area contributed by atoms with Crippen LogP contribution in [0.1, 0.15) is 41.6 Å². The Morgan fingerprint density at radius 2 is 2.00 bits per heavy atom. The van der Waals surface area contributed by atoms with E-state index in [1.165, 1.54) is 6.20 Å². The van der Waals surface area contributed by atoms with E-state index in [0.717, 1.165) is 36.9 Å². The standard InChI is InChI=1S/C18H24N6O/c1-11-3-2-4-14(9-11)23-18-21-10-15(16(20)25)17(24-18)22-13-7-5-12(19)6-8-13/h2-4,9-10,12-13H,5-8,19H2,1H3,(H2,20,25)(H2,21,22,23,24). The third kappa shape index (κ3) is 4.45. The van der Waals surface area contributed by atoms with E-state index in [1.54, 1.807) is 0 Å². The van der Waals surface area contributed by atoms with Gasteiger partial charge >= 0.3 is 0 Å². The number of hydrogen-bond acceptors (Lipinski definition) is 6. The number of nitrogens with one attached hydrogen (secondary N) is 2. The number of amides is 1. The molecule has 1 fully saturated rings. The summed E-state index contributed by atoms with van der Waals surface area (Å²) < 4.78 is 0. The summed E-state index contributed by atoms with van der Waals surface area (Å²) in [6.45, 7) is 2.02. The maximum absolute atomic E-state index is 11.7. The fourth-order valence-corrected chi connectivity index (χ4v) is 3.04. The van der Waals surface area contributed by atoms with Crippen LogP contribution in [0.25, 0.3) is 0 Å². The molecule has 0 aliphatic heterocycles. The van der Waals surface area contributed by atoms with E-state index in [4.69, 9.17) is 11.5 Å². The monoisotopic (exact) mass is 340 g/mol. The van der Waals surface area contributed by atoms with E-state index in [9.17, 15) is 4.79 Å². The van der Waals surface area contributed by atoms with E-state index in [-0.39, 0.29) is 12.1 Å². The number of aryl methyl sites for hydroxylation is 1. The highest BCUT2D eigenvalue weighted by molar-refractivity contribution is 5.97. The van der Waals surface area contributed by atoms with Gasteiger partial charge in [0.15, 0.2) is 0 Å². The predicted molar refractivity (Wildman–Crippen MR) is 98.9 cm³/mol. The molecule has 1 aliphatic carbocycles. The van der Waals surface area contributed by atoms with Gasteiger partial charge in [-0.05, 0) is 50.3 Å². The lowest BCUT2D eigenvalue weighted by Crippen LogP contribution is -2.33. The molecule has 0 saturated heterocycles. The normalized spacial score (nSPS) is 20.1. The van der Waals surface area contributed by atoms with Crippen molar-refractivity contribution in [2.45, 2.75) is 44.7 Å². The van der Waals surface area contributed by atoms with Gasteiger partial charge in [0.05, 0.1) is 5.56 Å². The number of nitrogens with zero attached hydrogens (tertiary/aromatic N) is 2. The first-order chi connectivity index (χ1) is 12.0. The van der Waals surface area contributed by atoms with Gasteiger partial charge < -0.3 is 22.1 Å². The molecule has 7 heteroatoms. The summed E-state index contributed by atoms with van der Waals surface area (Å²) in [7, 11) is 0. The summed E-state index contributed by atoms with van der Waals surface area (Å²) in [5.41, 5.74) is 13.7. The first-order valence-corrected chi connectivity index (χ1v) is 8.54. The van der Waals surface area contributed by atoms with Crippen LogP contribution in [0.3, 0.4) is 0 Å². The van der Waals surface area contributed by atoms with Crippen LogP contribution in [0.2, 0.25) is 0 Å². The SMILES string of the molecule is Cc1cccc(Nc2ncc(C(N)=O)c(NC3CCC(N)CC3)n2)c1. The number of carbonyl (C=O) groups excluding carboxylic acids is 1. The maximum Gasteiger partial charge on any atom is 0.254 e. The molecular formula is C18H24N6O. The van der Waals surface area contributed by atoms with Crippen LogP contribution < -0.4 is 22.1 Å². The minimum atomic E-state index is -0.544. The third-order valence-corrected chi connectivity index (χ3v) is 4.44. The van der Waals surface area contributed by atoms with Crippen LogP contribution in [0.4, 0.5) is 17.5 Å². The Balaban J connectivity index is 1.80. The fourth-order valence-electron chi connectivity index (χ4n) is 3.04. The van der Waals surface area contributed by atoms with E-state index >= 15 is 0 Å². The van der Waals surface area contributed by atoms with Crippen LogP contribution in [0, 0.1) is 6.92 Å². The molecule has 1 saturated carbocycles. The van der Waals surface area contributed by atoms with Crippen molar-refractivity contribution in [1.29, 1.82) is 0 Å². The van der Waals surface area contributed by atoms with Crippen molar-refractivity contribution in [3.8, 4) is 0 Å². The second kappa shape index (κ2) is 7.48. The molecule has 1 aromatic heterocycles. The predicted octanol–water partition coefficient (Wildman–Crippen LogP) is 2.31. The Labute approximate surface area is 147 Å². The second-order valence-electron chi connectivity index (χ2n) is 6.57. The maximum atomic E-state index is 11.7. The lowest BCUT2D eigenvalue weighted by Gasteiger charge is -2.27. The van der Waals surface area contributed by atoms with Crippen LogP contribution in [-0.2, 0) is 0 Å². The van der Waals surface area contributed by atoms with E-state index in [1.807, 2.05) is 31.2 Å². The molecule has 0 radical (unpaired) electrons. The van der Waals surface area contributed by atoms with Gasteiger partial charge in [-0.1, -0.05) is 12.1 Å². The number of rotatable bonds is 5. The third-order valence-electron chi connectivity index (χ3n) is 4.44. The summed E-state index contributed by atoms with van der Waals surface area (Å²) in [6.07, 6.45) is 5.28. The number of primary amides is 1. The Kier molecular flexibility index (Phi) is 5.14. The van der Waals surface area contributed by atoms with Crippen molar-refractivity contribution in [3.05, 3.63) is 41.6 Å². The molecule has 1 amide bonds. The molecule has 25 heavy (non-hydrogen) atoms. The summed E-state index contributed by atoms with van der Waals surface area (Å²) in [6, 6.07) is 8.41. The number of nitrogens with two attached hydrogens (primary N) is 2. The van der Waals surface area contributed by atoms with Crippen molar-refractivity contribution < 1.29 is 4.79 Å². The van der Waals surface area contributed by atoms with Crippen molar-refractivity contribution in [1.82, 2.24) is 9.97 Å². The van der Waals surface area contributed by atoms with Gasteiger partial charge in [-0.2, -0.15) is 4.98 Å². The minimum absolute atomic E-state index is 0.236. The smallest absolute Gasteiger partial charge is 0.254 e. The molecule has 3 rings (SSSR count). The molecule has 0 atom stereocenters. The highest BCUT2D eigenvalue weighted by Crippen LogP contribution is 2.23. The van der Waals surface area contributed by atoms with E-state index in [0.29, 0.717) is 17.3 Å². The molecule has 1 aromatic carbocycles. The Morgan fingerprint density at radius 3 is 2.68 bits per heavy atom. The van der Waals surface area contributed by atoms with Crippen LogP contribution >= 0.6 is 0 Å². The Hall–Kier alpha value is -2.67. The van der Waals surface area contributed by atoms with Crippen LogP contribution in [0.5, 0.6) is 0 Å². The zero-order valence-electron chi connectivity index (χ0n) is 14.3. The van der Waals surface area contributed by atoms with Crippen LogP contribution in [0.15, 0.2) is 30.5 Å². The molecule has 2 aromatic rings. The topological polar surface area (TPSA) is 119 Å². The van der Waals surface area contributed by atoms with Crippen molar-refractivity contribution >= 4 is 23.4 Å².